The summed E-state index contributed by atoms with van der Waals surface area (Å²) in [7, 11) is 1.49. The van der Waals surface area contributed by atoms with Crippen molar-refractivity contribution in [2.75, 3.05) is 7.11 Å². The number of rotatable bonds is 4. The summed E-state index contributed by atoms with van der Waals surface area (Å²) in [4.78, 5) is 12.0. The Hall–Kier alpha value is -2.04. The van der Waals surface area contributed by atoms with Crippen molar-refractivity contribution in [1.29, 1.82) is 0 Å². The van der Waals surface area contributed by atoms with E-state index in [1.165, 1.54) is 38.9 Å². The van der Waals surface area contributed by atoms with Gasteiger partial charge in [-0.3, -0.25) is 4.79 Å². The van der Waals surface area contributed by atoms with Gasteiger partial charge < -0.3 is 9.84 Å². The third-order valence-corrected chi connectivity index (χ3v) is 4.55. The number of hydrogen-bond donors (Lipinski definition) is 2. The van der Waals surface area contributed by atoms with Crippen LogP contribution in [-0.4, -0.2) is 24.3 Å². The molecule has 2 atom stereocenters. The number of methoxy groups -OCH3 is 1. The van der Waals surface area contributed by atoms with Gasteiger partial charge in [-0.15, -0.1) is 0 Å². The lowest BCUT2D eigenvalue weighted by molar-refractivity contribution is -0.122. The minimum atomic E-state index is 0.0360. The highest BCUT2D eigenvalue weighted by atomic mass is 16.5. The van der Waals surface area contributed by atoms with Crippen LogP contribution in [0, 0.1) is 17.8 Å². The molecule has 0 spiro atoms. The SMILES string of the molecule is COc1cc(C=NNC(=O)C2C3CCCCC32)ccc1O. The Morgan fingerprint density at radius 3 is 2.76 bits per heavy atom. The van der Waals surface area contributed by atoms with E-state index in [9.17, 15) is 9.90 Å². The number of carbonyl (C=O) groups excluding carboxylic acids is 1. The third kappa shape index (κ3) is 2.86. The number of benzene rings is 1. The van der Waals surface area contributed by atoms with E-state index in [-0.39, 0.29) is 17.6 Å². The highest BCUT2D eigenvalue weighted by molar-refractivity contribution is 5.85. The van der Waals surface area contributed by atoms with E-state index in [1.54, 1.807) is 18.3 Å². The summed E-state index contributed by atoms with van der Waals surface area (Å²) in [5, 5.41) is 13.5. The lowest BCUT2D eigenvalue weighted by Gasteiger charge is -2.04. The Bertz CT molecular complexity index is 559. The number of fused-ring (bicyclic) bond motifs is 1. The molecule has 0 radical (unpaired) electrons. The summed E-state index contributed by atoms with van der Waals surface area (Å²) < 4.78 is 5.03. The van der Waals surface area contributed by atoms with E-state index in [1.807, 2.05) is 0 Å². The Kier molecular flexibility index (Phi) is 3.82. The van der Waals surface area contributed by atoms with Crippen molar-refractivity contribution in [2.45, 2.75) is 25.7 Å². The largest absolute Gasteiger partial charge is 0.504 e. The van der Waals surface area contributed by atoms with Crippen LogP contribution in [0.3, 0.4) is 0 Å². The zero-order valence-corrected chi connectivity index (χ0v) is 12.1. The summed E-state index contributed by atoms with van der Waals surface area (Å²) >= 11 is 0. The van der Waals surface area contributed by atoms with Crippen LogP contribution in [0.25, 0.3) is 0 Å². The maximum atomic E-state index is 12.0. The molecule has 1 amide bonds. The molecule has 2 fully saturated rings. The number of amides is 1. The van der Waals surface area contributed by atoms with E-state index in [0.29, 0.717) is 17.6 Å². The number of hydrogen-bond acceptors (Lipinski definition) is 4. The monoisotopic (exact) mass is 288 g/mol. The first kappa shape index (κ1) is 13.9. The quantitative estimate of drug-likeness (QED) is 0.659. The number of hydrazone groups is 1. The van der Waals surface area contributed by atoms with Crippen LogP contribution in [-0.2, 0) is 4.79 Å². The van der Waals surface area contributed by atoms with Gasteiger partial charge in [0.15, 0.2) is 11.5 Å². The molecular formula is C16H20N2O3. The minimum Gasteiger partial charge on any atom is -0.504 e. The predicted octanol–water partition coefficient (Wildman–Crippen LogP) is 2.29. The van der Waals surface area contributed by atoms with Crippen LogP contribution < -0.4 is 10.2 Å². The normalized spacial score (nSPS) is 27.2. The van der Waals surface area contributed by atoms with Gasteiger partial charge in [-0.2, -0.15) is 5.10 Å². The zero-order valence-electron chi connectivity index (χ0n) is 12.1. The van der Waals surface area contributed by atoms with Gasteiger partial charge in [-0.1, -0.05) is 12.8 Å². The molecule has 3 rings (SSSR count). The third-order valence-electron chi connectivity index (χ3n) is 4.55. The second kappa shape index (κ2) is 5.76. The van der Waals surface area contributed by atoms with E-state index >= 15 is 0 Å². The molecule has 2 unspecified atom stereocenters. The summed E-state index contributed by atoms with van der Waals surface area (Å²) in [5.41, 5.74) is 3.39. The van der Waals surface area contributed by atoms with Crippen LogP contribution in [0.4, 0.5) is 0 Å². The predicted molar refractivity (Wildman–Crippen MR) is 79.3 cm³/mol. The molecule has 5 nitrogen and oxygen atoms in total. The molecule has 0 aromatic heterocycles. The van der Waals surface area contributed by atoms with Crippen molar-refractivity contribution in [3.63, 3.8) is 0 Å². The lowest BCUT2D eigenvalue weighted by atomic mass is 10.0. The van der Waals surface area contributed by atoms with E-state index in [0.717, 1.165) is 5.56 Å². The molecule has 2 aliphatic carbocycles. The smallest absolute Gasteiger partial charge is 0.243 e. The number of phenols is 1. The van der Waals surface area contributed by atoms with E-state index in [2.05, 4.69) is 10.5 Å². The topological polar surface area (TPSA) is 70.9 Å². The molecule has 21 heavy (non-hydrogen) atoms. The lowest BCUT2D eigenvalue weighted by Crippen LogP contribution is -2.20. The van der Waals surface area contributed by atoms with Crippen molar-refractivity contribution < 1.29 is 14.6 Å². The van der Waals surface area contributed by atoms with E-state index in [4.69, 9.17) is 4.74 Å². The zero-order chi connectivity index (χ0) is 14.8. The van der Waals surface area contributed by atoms with Crippen molar-refractivity contribution in [1.82, 2.24) is 5.43 Å². The summed E-state index contributed by atoms with van der Waals surface area (Å²) in [6, 6.07) is 4.92. The second-order valence-corrected chi connectivity index (χ2v) is 5.80. The van der Waals surface area contributed by atoms with Crippen molar-refractivity contribution in [3.05, 3.63) is 23.8 Å². The van der Waals surface area contributed by atoms with Gasteiger partial charge in [-0.05, 0) is 48.4 Å². The molecule has 112 valence electrons. The van der Waals surface area contributed by atoms with Crippen molar-refractivity contribution in [2.24, 2.45) is 22.9 Å². The van der Waals surface area contributed by atoms with Crippen LogP contribution in [0.5, 0.6) is 11.5 Å². The molecule has 2 saturated carbocycles. The Balaban J connectivity index is 1.56. The highest BCUT2D eigenvalue weighted by Gasteiger charge is 2.54. The molecule has 1 aromatic rings. The van der Waals surface area contributed by atoms with Crippen LogP contribution in [0.1, 0.15) is 31.2 Å². The van der Waals surface area contributed by atoms with Gasteiger partial charge in [0.1, 0.15) is 0 Å². The number of aromatic hydroxyl groups is 1. The second-order valence-electron chi connectivity index (χ2n) is 5.80. The average Bonchev–Trinajstić information content (AvgIpc) is 3.23. The van der Waals surface area contributed by atoms with Gasteiger partial charge in [-0.25, -0.2) is 5.43 Å². The fourth-order valence-corrected chi connectivity index (χ4v) is 3.40. The Labute approximate surface area is 124 Å². The van der Waals surface area contributed by atoms with Crippen LogP contribution >= 0.6 is 0 Å². The van der Waals surface area contributed by atoms with E-state index < -0.39 is 0 Å². The first-order chi connectivity index (χ1) is 10.2. The average molecular weight is 288 g/mol. The number of ether oxygens (including phenoxy) is 1. The van der Waals surface area contributed by atoms with Crippen LogP contribution in [0.15, 0.2) is 23.3 Å². The first-order valence-corrected chi connectivity index (χ1v) is 7.40. The van der Waals surface area contributed by atoms with Crippen molar-refractivity contribution >= 4 is 12.1 Å². The molecule has 0 saturated heterocycles. The summed E-state index contributed by atoms with van der Waals surface area (Å²) in [6.07, 6.45) is 6.43. The number of carbonyl (C=O) groups is 1. The molecule has 0 heterocycles. The maximum Gasteiger partial charge on any atom is 0.243 e. The molecule has 5 heteroatoms. The van der Waals surface area contributed by atoms with Gasteiger partial charge in [0, 0.05) is 5.92 Å². The fraction of sp³-hybridized carbons (Fsp3) is 0.500. The highest BCUT2D eigenvalue weighted by Crippen LogP contribution is 2.55. The van der Waals surface area contributed by atoms with Gasteiger partial charge in [0.2, 0.25) is 5.91 Å². The Morgan fingerprint density at radius 2 is 2.10 bits per heavy atom. The van der Waals surface area contributed by atoms with Gasteiger partial charge in [0.25, 0.3) is 0 Å². The summed E-state index contributed by atoms with van der Waals surface area (Å²) in [5.74, 6) is 1.84. The first-order valence-electron chi connectivity index (χ1n) is 7.40. The van der Waals surface area contributed by atoms with Gasteiger partial charge in [0.05, 0.1) is 13.3 Å². The summed E-state index contributed by atoms with van der Waals surface area (Å²) in [6.45, 7) is 0. The molecule has 2 aliphatic rings. The molecule has 2 N–H and O–H groups in total. The number of phenolic OH excluding ortho intramolecular Hbond substituents is 1. The Morgan fingerprint density at radius 1 is 1.38 bits per heavy atom. The minimum absolute atomic E-state index is 0.0360. The maximum absolute atomic E-state index is 12.0. The molecule has 0 bridgehead atoms. The molecule has 0 aliphatic heterocycles. The number of nitrogens with zero attached hydrogens (tertiary/aromatic N) is 1. The van der Waals surface area contributed by atoms with Gasteiger partial charge >= 0.3 is 0 Å². The number of nitrogens with one attached hydrogen (secondary N) is 1. The molecule has 1 aromatic carbocycles. The standard InChI is InChI=1S/C16H20N2O3/c1-21-14-8-10(6-7-13(14)19)9-17-18-16(20)15-11-4-2-3-5-12(11)15/h6-9,11-12,15,19H,2-5H2,1H3,(H,18,20). The fourth-order valence-electron chi connectivity index (χ4n) is 3.40. The van der Waals surface area contributed by atoms with Crippen molar-refractivity contribution in [3.8, 4) is 11.5 Å². The van der Waals surface area contributed by atoms with Crippen LogP contribution in [0.2, 0.25) is 0 Å². The molecular weight excluding hydrogens is 268 g/mol.